The SMILES string of the molecule is Nc1ncc(-c2cc(N3CCOCC3)cc(S(=O)(=O)C3CN(C4CCOCC4)C3)c2)cn1. The zero-order valence-corrected chi connectivity index (χ0v) is 18.8. The van der Waals surface area contributed by atoms with Crippen LogP contribution < -0.4 is 10.6 Å². The molecule has 0 amide bonds. The smallest absolute Gasteiger partial charge is 0.219 e. The lowest BCUT2D eigenvalue weighted by Crippen LogP contribution is -2.59. The van der Waals surface area contributed by atoms with Crippen molar-refractivity contribution < 1.29 is 17.9 Å². The molecule has 32 heavy (non-hydrogen) atoms. The number of hydrogen-bond acceptors (Lipinski definition) is 9. The molecule has 0 aliphatic carbocycles. The molecule has 10 heteroatoms. The van der Waals surface area contributed by atoms with Gasteiger partial charge in [-0.3, -0.25) is 4.90 Å². The van der Waals surface area contributed by atoms with Gasteiger partial charge in [-0.25, -0.2) is 18.4 Å². The number of nitrogens with zero attached hydrogens (tertiary/aromatic N) is 4. The van der Waals surface area contributed by atoms with Crippen LogP contribution in [0, 0.1) is 0 Å². The number of hydrogen-bond donors (Lipinski definition) is 1. The molecule has 3 saturated heterocycles. The Morgan fingerprint density at radius 2 is 1.56 bits per heavy atom. The van der Waals surface area contributed by atoms with Crippen LogP contribution in [0.5, 0.6) is 0 Å². The second kappa shape index (κ2) is 8.93. The van der Waals surface area contributed by atoms with Gasteiger partial charge >= 0.3 is 0 Å². The Morgan fingerprint density at radius 1 is 0.906 bits per heavy atom. The summed E-state index contributed by atoms with van der Waals surface area (Å²) in [6.07, 6.45) is 5.21. The molecule has 5 rings (SSSR count). The minimum Gasteiger partial charge on any atom is -0.381 e. The maximum Gasteiger partial charge on any atom is 0.219 e. The van der Waals surface area contributed by atoms with Gasteiger partial charge in [0, 0.05) is 69.1 Å². The molecule has 0 bridgehead atoms. The van der Waals surface area contributed by atoms with E-state index in [0.717, 1.165) is 56.0 Å². The minimum absolute atomic E-state index is 0.189. The van der Waals surface area contributed by atoms with Crippen LogP contribution in [-0.4, -0.2) is 87.2 Å². The molecule has 0 atom stereocenters. The number of aromatic nitrogens is 2. The van der Waals surface area contributed by atoms with E-state index in [1.807, 2.05) is 6.07 Å². The summed E-state index contributed by atoms with van der Waals surface area (Å²) in [5.74, 6) is 0.189. The highest BCUT2D eigenvalue weighted by molar-refractivity contribution is 7.92. The molecular weight excluding hydrogens is 430 g/mol. The fourth-order valence-electron chi connectivity index (χ4n) is 4.61. The van der Waals surface area contributed by atoms with Crippen LogP contribution in [0.25, 0.3) is 11.1 Å². The van der Waals surface area contributed by atoms with E-state index in [1.165, 1.54) is 0 Å². The van der Waals surface area contributed by atoms with Crippen molar-refractivity contribution in [1.29, 1.82) is 0 Å². The first-order valence-electron chi connectivity index (χ1n) is 11.1. The Balaban J connectivity index is 1.44. The Kier molecular flexibility index (Phi) is 6.02. The van der Waals surface area contributed by atoms with Crippen LogP contribution in [-0.2, 0) is 19.3 Å². The summed E-state index contributed by atoms with van der Waals surface area (Å²) in [5.41, 5.74) is 8.03. The lowest BCUT2D eigenvalue weighted by molar-refractivity contribution is 0.0124. The van der Waals surface area contributed by atoms with Crippen LogP contribution in [0.15, 0.2) is 35.5 Å². The fraction of sp³-hybridized carbons (Fsp3) is 0.545. The molecule has 172 valence electrons. The number of rotatable bonds is 5. The van der Waals surface area contributed by atoms with Gasteiger partial charge in [0.25, 0.3) is 0 Å². The Bertz CT molecular complexity index is 1040. The molecular formula is C22H29N5O4S. The van der Waals surface area contributed by atoms with Crippen molar-refractivity contribution in [2.24, 2.45) is 0 Å². The van der Waals surface area contributed by atoms with Crippen molar-refractivity contribution in [2.75, 3.05) is 63.2 Å². The topological polar surface area (TPSA) is 111 Å². The Hall–Kier alpha value is -2.27. The van der Waals surface area contributed by atoms with Crippen molar-refractivity contribution in [3.63, 3.8) is 0 Å². The van der Waals surface area contributed by atoms with Crippen molar-refractivity contribution in [3.05, 3.63) is 30.6 Å². The van der Waals surface area contributed by atoms with E-state index in [-0.39, 0.29) is 11.2 Å². The van der Waals surface area contributed by atoms with Gasteiger partial charge in [-0.15, -0.1) is 0 Å². The van der Waals surface area contributed by atoms with E-state index < -0.39 is 9.84 Å². The third kappa shape index (κ3) is 4.32. The van der Waals surface area contributed by atoms with Gasteiger partial charge in [0.15, 0.2) is 9.84 Å². The zero-order chi connectivity index (χ0) is 22.1. The number of sulfone groups is 1. The highest BCUT2D eigenvalue weighted by atomic mass is 32.2. The first kappa shape index (κ1) is 21.6. The molecule has 0 saturated carbocycles. The number of nitrogen functional groups attached to an aromatic ring is 1. The third-order valence-corrected chi connectivity index (χ3v) is 8.69. The average molecular weight is 460 g/mol. The highest BCUT2D eigenvalue weighted by Crippen LogP contribution is 2.33. The number of benzene rings is 1. The van der Waals surface area contributed by atoms with Crippen LogP contribution in [0.2, 0.25) is 0 Å². The van der Waals surface area contributed by atoms with E-state index in [9.17, 15) is 8.42 Å². The van der Waals surface area contributed by atoms with E-state index in [4.69, 9.17) is 15.2 Å². The van der Waals surface area contributed by atoms with Gasteiger partial charge in [-0.05, 0) is 36.6 Å². The quantitative estimate of drug-likeness (QED) is 0.705. The maximum absolute atomic E-state index is 13.6. The number of morpholine rings is 1. The molecule has 0 unspecified atom stereocenters. The summed E-state index contributed by atoms with van der Waals surface area (Å²) in [5, 5.41) is -0.388. The first-order valence-corrected chi connectivity index (χ1v) is 12.7. The van der Waals surface area contributed by atoms with Crippen molar-refractivity contribution in [3.8, 4) is 11.1 Å². The number of ether oxygens (including phenoxy) is 2. The van der Waals surface area contributed by atoms with E-state index in [1.54, 1.807) is 24.5 Å². The molecule has 2 aromatic rings. The van der Waals surface area contributed by atoms with Crippen molar-refractivity contribution >= 4 is 21.5 Å². The van der Waals surface area contributed by atoms with Gasteiger partial charge in [0.05, 0.1) is 23.4 Å². The van der Waals surface area contributed by atoms with E-state index in [0.29, 0.717) is 37.2 Å². The Labute approximate surface area is 188 Å². The fourth-order valence-corrected chi connectivity index (χ4v) is 6.35. The lowest BCUT2D eigenvalue weighted by Gasteiger charge is -2.45. The van der Waals surface area contributed by atoms with Crippen LogP contribution >= 0.6 is 0 Å². The normalized spacial score (nSPS) is 21.4. The van der Waals surface area contributed by atoms with Crippen LogP contribution in [0.4, 0.5) is 11.6 Å². The van der Waals surface area contributed by atoms with Crippen molar-refractivity contribution in [1.82, 2.24) is 14.9 Å². The molecule has 4 heterocycles. The lowest BCUT2D eigenvalue weighted by atomic mass is 10.0. The molecule has 3 fully saturated rings. The van der Waals surface area contributed by atoms with Crippen molar-refractivity contribution in [2.45, 2.75) is 29.0 Å². The number of anilines is 2. The molecule has 0 radical (unpaired) electrons. The summed E-state index contributed by atoms with van der Waals surface area (Å²) >= 11 is 0. The molecule has 0 spiro atoms. The summed E-state index contributed by atoms with van der Waals surface area (Å²) < 4.78 is 38.1. The monoisotopic (exact) mass is 459 g/mol. The summed E-state index contributed by atoms with van der Waals surface area (Å²) in [6, 6.07) is 5.97. The van der Waals surface area contributed by atoms with Crippen LogP contribution in [0.1, 0.15) is 12.8 Å². The molecule has 2 N–H and O–H groups in total. The van der Waals surface area contributed by atoms with Gasteiger partial charge in [0.2, 0.25) is 5.95 Å². The van der Waals surface area contributed by atoms with Gasteiger partial charge < -0.3 is 20.1 Å². The zero-order valence-electron chi connectivity index (χ0n) is 18.0. The predicted octanol–water partition coefficient (Wildman–Crippen LogP) is 1.20. The van der Waals surface area contributed by atoms with Crippen LogP contribution in [0.3, 0.4) is 0 Å². The summed E-state index contributed by atoms with van der Waals surface area (Å²) in [6.45, 7) is 5.37. The summed E-state index contributed by atoms with van der Waals surface area (Å²) in [7, 11) is -3.47. The standard InChI is InChI=1S/C22H29N5O4S/c23-22-24-12-17(13-25-22)16-9-19(26-3-7-31-8-4-26)11-20(10-16)32(28,29)21-14-27(15-21)18-1-5-30-6-2-18/h9-13,18,21H,1-8,14-15H2,(H2,23,24,25). The second-order valence-corrected chi connectivity index (χ2v) is 10.8. The Morgan fingerprint density at radius 3 is 2.25 bits per heavy atom. The van der Waals surface area contributed by atoms with Gasteiger partial charge in [-0.1, -0.05) is 0 Å². The molecule has 1 aromatic heterocycles. The highest BCUT2D eigenvalue weighted by Gasteiger charge is 2.41. The largest absolute Gasteiger partial charge is 0.381 e. The second-order valence-electron chi connectivity index (χ2n) is 8.61. The van der Waals surface area contributed by atoms with E-state index in [2.05, 4.69) is 19.8 Å². The first-order chi connectivity index (χ1) is 15.5. The van der Waals surface area contributed by atoms with E-state index >= 15 is 0 Å². The van der Waals surface area contributed by atoms with Gasteiger partial charge in [-0.2, -0.15) is 0 Å². The molecule has 3 aliphatic rings. The predicted molar refractivity (Wildman–Crippen MR) is 121 cm³/mol. The molecule has 3 aliphatic heterocycles. The molecule has 1 aromatic carbocycles. The maximum atomic E-state index is 13.6. The average Bonchev–Trinajstić information content (AvgIpc) is 2.79. The van der Waals surface area contributed by atoms with Gasteiger partial charge in [0.1, 0.15) is 0 Å². The number of nitrogens with two attached hydrogens (primary N) is 1. The number of likely N-dealkylation sites (tertiary alicyclic amines) is 1. The summed E-state index contributed by atoms with van der Waals surface area (Å²) in [4.78, 5) is 13.0. The molecule has 9 nitrogen and oxygen atoms in total. The minimum atomic E-state index is -3.47. The third-order valence-electron chi connectivity index (χ3n) is 6.62.